The molecule has 0 aliphatic heterocycles. The van der Waals surface area contributed by atoms with Crippen molar-refractivity contribution in [3.05, 3.63) is 29.8 Å². The summed E-state index contributed by atoms with van der Waals surface area (Å²) in [5, 5.41) is 6.00. The van der Waals surface area contributed by atoms with Crippen LogP contribution in [-0.2, 0) is 4.74 Å². The summed E-state index contributed by atoms with van der Waals surface area (Å²) in [5.41, 5.74) is 7.40. The standard InChI is InChI=1S/C15H25N3O2/c1-11-5-7-12(8-6-11)18-13(9-16)10-17-14(19)20-15(2,3)4/h5-8,13,18H,9-10,16H2,1-4H3,(H,17,19). The van der Waals surface area contributed by atoms with Gasteiger partial charge in [0, 0.05) is 18.8 Å². The van der Waals surface area contributed by atoms with E-state index >= 15 is 0 Å². The molecule has 5 nitrogen and oxygen atoms in total. The second kappa shape index (κ2) is 7.14. The lowest BCUT2D eigenvalue weighted by Gasteiger charge is -2.22. The summed E-state index contributed by atoms with van der Waals surface area (Å²) in [4.78, 5) is 11.6. The Kier molecular flexibility index (Phi) is 5.82. The van der Waals surface area contributed by atoms with Crippen molar-refractivity contribution >= 4 is 11.8 Å². The summed E-state index contributed by atoms with van der Waals surface area (Å²) >= 11 is 0. The Labute approximate surface area is 120 Å². The van der Waals surface area contributed by atoms with E-state index in [-0.39, 0.29) is 6.04 Å². The number of aryl methyl sites for hydroxylation is 1. The summed E-state index contributed by atoms with van der Waals surface area (Å²) in [5.74, 6) is 0. The van der Waals surface area contributed by atoms with Crippen LogP contribution in [0.5, 0.6) is 0 Å². The molecule has 1 aromatic rings. The first-order chi connectivity index (χ1) is 9.30. The molecule has 112 valence electrons. The molecule has 0 aliphatic rings. The van der Waals surface area contributed by atoms with Crippen LogP contribution < -0.4 is 16.4 Å². The van der Waals surface area contributed by atoms with Crippen LogP contribution in [0, 0.1) is 6.92 Å². The van der Waals surface area contributed by atoms with Crippen molar-refractivity contribution in [2.45, 2.75) is 39.3 Å². The lowest BCUT2D eigenvalue weighted by molar-refractivity contribution is 0.0526. The highest BCUT2D eigenvalue weighted by molar-refractivity contribution is 5.67. The zero-order valence-corrected chi connectivity index (χ0v) is 12.7. The lowest BCUT2D eigenvalue weighted by atomic mass is 10.2. The molecule has 1 amide bonds. The predicted octanol–water partition coefficient (Wildman–Crippen LogP) is 2.26. The molecule has 1 aromatic carbocycles. The minimum Gasteiger partial charge on any atom is -0.444 e. The second-order valence-electron chi connectivity index (χ2n) is 5.83. The van der Waals surface area contributed by atoms with Gasteiger partial charge >= 0.3 is 6.09 Å². The van der Waals surface area contributed by atoms with Crippen LogP contribution in [0.4, 0.5) is 10.5 Å². The fourth-order valence-corrected chi connectivity index (χ4v) is 1.60. The number of amides is 1. The number of ether oxygens (including phenoxy) is 1. The summed E-state index contributed by atoms with van der Waals surface area (Å²) in [6.07, 6.45) is -0.429. The maximum Gasteiger partial charge on any atom is 0.407 e. The van der Waals surface area contributed by atoms with Crippen molar-refractivity contribution < 1.29 is 9.53 Å². The number of nitrogens with two attached hydrogens (primary N) is 1. The number of hydrogen-bond acceptors (Lipinski definition) is 4. The number of anilines is 1. The van der Waals surface area contributed by atoms with Gasteiger partial charge in [0.15, 0.2) is 0 Å². The van der Waals surface area contributed by atoms with Crippen molar-refractivity contribution in [2.24, 2.45) is 5.73 Å². The van der Waals surface area contributed by atoms with Crippen molar-refractivity contribution in [2.75, 3.05) is 18.4 Å². The Balaban J connectivity index is 2.43. The fraction of sp³-hybridized carbons (Fsp3) is 0.533. The molecule has 0 saturated carbocycles. The quantitative estimate of drug-likeness (QED) is 0.772. The molecule has 0 bridgehead atoms. The van der Waals surface area contributed by atoms with Gasteiger partial charge in [0.05, 0.1) is 6.04 Å². The lowest BCUT2D eigenvalue weighted by Crippen LogP contribution is -2.42. The second-order valence-corrected chi connectivity index (χ2v) is 5.83. The van der Waals surface area contributed by atoms with Crippen LogP contribution in [-0.4, -0.2) is 30.8 Å². The maximum atomic E-state index is 11.6. The van der Waals surface area contributed by atoms with Gasteiger partial charge in [0.25, 0.3) is 0 Å². The average Bonchev–Trinajstić information content (AvgIpc) is 2.34. The first-order valence-electron chi connectivity index (χ1n) is 6.80. The summed E-state index contributed by atoms with van der Waals surface area (Å²) in [6.45, 7) is 8.36. The monoisotopic (exact) mass is 279 g/mol. The van der Waals surface area contributed by atoms with Gasteiger partial charge in [0.2, 0.25) is 0 Å². The summed E-state index contributed by atoms with van der Waals surface area (Å²) in [6, 6.07) is 8.00. The van der Waals surface area contributed by atoms with Gasteiger partial charge in [0.1, 0.15) is 5.60 Å². The zero-order valence-electron chi connectivity index (χ0n) is 12.7. The Morgan fingerprint density at radius 3 is 2.40 bits per heavy atom. The minimum atomic E-state index is -0.493. The third kappa shape index (κ3) is 6.43. The smallest absolute Gasteiger partial charge is 0.407 e. The molecule has 20 heavy (non-hydrogen) atoms. The SMILES string of the molecule is Cc1ccc(NC(CN)CNC(=O)OC(C)(C)C)cc1. The Morgan fingerprint density at radius 2 is 1.90 bits per heavy atom. The molecule has 1 unspecified atom stereocenters. The minimum absolute atomic E-state index is 0.0368. The van der Waals surface area contributed by atoms with Crippen LogP contribution in [0.15, 0.2) is 24.3 Å². The maximum absolute atomic E-state index is 11.6. The first-order valence-corrected chi connectivity index (χ1v) is 6.80. The predicted molar refractivity (Wildman–Crippen MR) is 81.9 cm³/mol. The van der Waals surface area contributed by atoms with Gasteiger partial charge < -0.3 is 21.1 Å². The molecule has 1 atom stereocenters. The largest absolute Gasteiger partial charge is 0.444 e. The first kappa shape index (κ1) is 16.3. The summed E-state index contributed by atoms with van der Waals surface area (Å²) in [7, 11) is 0. The zero-order chi connectivity index (χ0) is 15.2. The average molecular weight is 279 g/mol. The van der Waals surface area contributed by atoms with E-state index in [0.717, 1.165) is 5.69 Å². The van der Waals surface area contributed by atoms with E-state index in [1.807, 2.05) is 52.0 Å². The van der Waals surface area contributed by atoms with Crippen molar-refractivity contribution in [1.82, 2.24) is 5.32 Å². The number of alkyl carbamates (subject to hydrolysis) is 1. The van der Waals surface area contributed by atoms with E-state index in [1.165, 1.54) is 5.56 Å². The molecular formula is C15H25N3O2. The summed E-state index contributed by atoms with van der Waals surface area (Å²) < 4.78 is 5.18. The number of nitrogens with one attached hydrogen (secondary N) is 2. The highest BCUT2D eigenvalue weighted by atomic mass is 16.6. The molecule has 0 saturated heterocycles. The number of benzene rings is 1. The van der Waals surface area contributed by atoms with E-state index in [2.05, 4.69) is 10.6 Å². The Morgan fingerprint density at radius 1 is 1.30 bits per heavy atom. The highest BCUT2D eigenvalue weighted by Gasteiger charge is 2.17. The van der Waals surface area contributed by atoms with Gasteiger partial charge in [-0.05, 0) is 39.8 Å². The van der Waals surface area contributed by atoms with E-state index in [4.69, 9.17) is 10.5 Å². The van der Waals surface area contributed by atoms with Crippen molar-refractivity contribution in [1.29, 1.82) is 0 Å². The van der Waals surface area contributed by atoms with Crippen LogP contribution >= 0.6 is 0 Å². The number of hydrogen-bond donors (Lipinski definition) is 3. The fourth-order valence-electron chi connectivity index (χ4n) is 1.60. The normalized spacial score (nSPS) is 12.7. The molecule has 0 aromatic heterocycles. The van der Waals surface area contributed by atoms with Crippen molar-refractivity contribution in [3.8, 4) is 0 Å². The Bertz CT molecular complexity index is 424. The van der Waals surface area contributed by atoms with E-state index in [0.29, 0.717) is 13.1 Å². The molecule has 1 rings (SSSR count). The highest BCUT2D eigenvalue weighted by Crippen LogP contribution is 2.10. The number of carbonyl (C=O) groups is 1. The van der Waals surface area contributed by atoms with Crippen LogP contribution in [0.3, 0.4) is 0 Å². The molecule has 0 aliphatic carbocycles. The third-order valence-corrected chi connectivity index (χ3v) is 2.60. The van der Waals surface area contributed by atoms with Crippen LogP contribution in [0.1, 0.15) is 26.3 Å². The third-order valence-electron chi connectivity index (χ3n) is 2.60. The molecule has 0 radical (unpaired) electrons. The van der Waals surface area contributed by atoms with Gasteiger partial charge in [-0.3, -0.25) is 0 Å². The van der Waals surface area contributed by atoms with E-state index < -0.39 is 11.7 Å². The van der Waals surface area contributed by atoms with Crippen LogP contribution in [0.25, 0.3) is 0 Å². The molecule has 0 fully saturated rings. The van der Waals surface area contributed by atoms with E-state index in [9.17, 15) is 4.79 Å². The van der Waals surface area contributed by atoms with Gasteiger partial charge in [-0.25, -0.2) is 4.79 Å². The molecule has 4 N–H and O–H groups in total. The van der Waals surface area contributed by atoms with Gasteiger partial charge in [-0.2, -0.15) is 0 Å². The van der Waals surface area contributed by atoms with Gasteiger partial charge in [-0.1, -0.05) is 17.7 Å². The molecule has 5 heteroatoms. The van der Waals surface area contributed by atoms with Gasteiger partial charge in [-0.15, -0.1) is 0 Å². The number of carbonyl (C=O) groups excluding carboxylic acids is 1. The van der Waals surface area contributed by atoms with E-state index in [1.54, 1.807) is 0 Å². The van der Waals surface area contributed by atoms with Crippen LogP contribution in [0.2, 0.25) is 0 Å². The Hall–Kier alpha value is -1.75. The van der Waals surface area contributed by atoms with Crippen molar-refractivity contribution in [3.63, 3.8) is 0 Å². The molecule has 0 heterocycles. The molecule has 0 spiro atoms. The topological polar surface area (TPSA) is 76.4 Å². The number of rotatable bonds is 5. The molecular weight excluding hydrogens is 254 g/mol.